The van der Waals surface area contributed by atoms with Gasteiger partial charge in [0.1, 0.15) is 0 Å². The summed E-state index contributed by atoms with van der Waals surface area (Å²) in [6, 6.07) is 0. The lowest BCUT2D eigenvalue weighted by Gasteiger charge is -2.33. The summed E-state index contributed by atoms with van der Waals surface area (Å²) in [5.74, 6) is -3.70. The Bertz CT molecular complexity index is 393. The van der Waals surface area contributed by atoms with Crippen molar-refractivity contribution in [3.05, 3.63) is 11.6 Å². The number of hydrogen-bond acceptors (Lipinski definition) is 3. The number of rotatable bonds is 2. The van der Waals surface area contributed by atoms with Gasteiger partial charge >= 0.3 is 11.9 Å². The van der Waals surface area contributed by atoms with Gasteiger partial charge in [0.2, 0.25) is 0 Å². The van der Waals surface area contributed by atoms with Crippen LogP contribution in [0.25, 0.3) is 0 Å². The summed E-state index contributed by atoms with van der Waals surface area (Å²) in [7, 11) is 0. The monoisotopic (exact) mass is 224 g/mol. The van der Waals surface area contributed by atoms with Gasteiger partial charge in [0, 0.05) is 12.3 Å². The third kappa shape index (κ3) is 1.27. The summed E-state index contributed by atoms with van der Waals surface area (Å²) in [4.78, 5) is 33.9. The van der Waals surface area contributed by atoms with Gasteiger partial charge in [0.05, 0.1) is 0 Å². The van der Waals surface area contributed by atoms with Crippen LogP contribution in [0.2, 0.25) is 0 Å². The fourth-order valence-electron chi connectivity index (χ4n) is 2.80. The Morgan fingerprint density at radius 3 is 2.50 bits per heavy atom. The molecule has 0 bridgehead atoms. The molecule has 5 nitrogen and oxygen atoms in total. The minimum atomic E-state index is -1.93. The second kappa shape index (κ2) is 3.43. The zero-order chi connectivity index (χ0) is 11.9. The minimum Gasteiger partial charge on any atom is -0.480 e. The Labute approximate surface area is 91.8 Å². The molecule has 0 spiro atoms. The number of fused-ring (bicyclic) bond motifs is 1. The highest BCUT2D eigenvalue weighted by Gasteiger charge is 2.57. The maximum atomic E-state index is 11.4. The second-order valence-electron chi connectivity index (χ2n) is 4.39. The number of carboxylic acid groups (broad SMARTS) is 2. The molecule has 1 fully saturated rings. The van der Waals surface area contributed by atoms with E-state index in [1.54, 1.807) is 0 Å². The number of carbonyl (C=O) groups is 3. The number of allylic oxidation sites excluding steroid dienone is 2. The van der Waals surface area contributed by atoms with Crippen LogP contribution in [0.5, 0.6) is 0 Å². The SMILES string of the molecule is O=C1C=C2CCCC2C(C(=O)O)(C(=O)O)C1. The van der Waals surface area contributed by atoms with Crippen LogP contribution in [0.15, 0.2) is 11.6 Å². The molecule has 2 rings (SSSR count). The average molecular weight is 224 g/mol. The average Bonchev–Trinajstić information content (AvgIpc) is 2.63. The van der Waals surface area contributed by atoms with Crippen molar-refractivity contribution in [2.24, 2.45) is 11.3 Å². The minimum absolute atomic E-state index is 0.391. The summed E-state index contributed by atoms with van der Waals surface area (Å²) in [5, 5.41) is 18.3. The van der Waals surface area contributed by atoms with Crippen LogP contribution in [-0.2, 0) is 14.4 Å². The zero-order valence-corrected chi connectivity index (χ0v) is 8.60. The van der Waals surface area contributed by atoms with Crippen molar-refractivity contribution in [2.75, 3.05) is 0 Å². The highest BCUT2D eigenvalue weighted by Crippen LogP contribution is 2.49. The van der Waals surface area contributed by atoms with Crippen LogP contribution < -0.4 is 0 Å². The van der Waals surface area contributed by atoms with Crippen LogP contribution >= 0.6 is 0 Å². The Morgan fingerprint density at radius 1 is 1.31 bits per heavy atom. The Balaban J connectivity index is 2.54. The number of hydrogen-bond donors (Lipinski definition) is 2. The molecule has 0 heterocycles. The van der Waals surface area contributed by atoms with Crippen molar-refractivity contribution < 1.29 is 24.6 Å². The number of carboxylic acids is 2. The molecular formula is C11H12O5. The first-order chi connectivity index (χ1) is 7.48. The summed E-state index contributed by atoms with van der Waals surface area (Å²) >= 11 is 0. The number of ketones is 1. The molecule has 16 heavy (non-hydrogen) atoms. The van der Waals surface area contributed by atoms with E-state index in [-0.39, 0.29) is 0 Å². The maximum Gasteiger partial charge on any atom is 0.322 e. The first kappa shape index (κ1) is 10.9. The highest BCUT2D eigenvalue weighted by atomic mass is 16.4. The predicted octanol–water partition coefficient (Wildman–Crippen LogP) is 0.841. The van der Waals surface area contributed by atoms with Gasteiger partial charge in [-0.2, -0.15) is 0 Å². The van der Waals surface area contributed by atoms with Gasteiger partial charge in [-0.15, -0.1) is 0 Å². The van der Waals surface area contributed by atoms with Crippen LogP contribution in [0.4, 0.5) is 0 Å². The third-order valence-electron chi connectivity index (χ3n) is 3.56. The summed E-state index contributed by atoms with van der Waals surface area (Å²) in [6.07, 6.45) is 2.94. The van der Waals surface area contributed by atoms with Gasteiger partial charge in [-0.05, 0) is 25.3 Å². The van der Waals surface area contributed by atoms with Crippen molar-refractivity contribution in [2.45, 2.75) is 25.7 Å². The first-order valence-electron chi connectivity index (χ1n) is 5.18. The molecule has 1 atom stereocenters. The Morgan fingerprint density at radius 2 is 1.94 bits per heavy atom. The topological polar surface area (TPSA) is 91.7 Å². The van der Waals surface area contributed by atoms with E-state index in [1.807, 2.05) is 0 Å². The van der Waals surface area contributed by atoms with Gasteiger partial charge < -0.3 is 10.2 Å². The largest absolute Gasteiger partial charge is 0.480 e. The standard InChI is InChI=1S/C11H12O5/c12-7-4-6-2-1-3-8(6)11(5-7,9(13)14)10(15)16/h4,8H,1-3,5H2,(H,13,14)(H,15,16). The van der Waals surface area contributed by atoms with E-state index in [9.17, 15) is 14.4 Å². The van der Waals surface area contributed by atoms with E-state index in [1.165, 1.54) is 6.08 Å². The summed E-state index contributed by atoms with van der Waals surface area (Å²) < 4.78 is 0. The number of carbonyl (C=O) groups excluding carboxylic acids is 1. The highest BCUT2D eigenvalue weighted by molar-refractivity contribution is 6.07. The predicted molar refractivity (Wildman–Crippen MR) is 52.8 cm³/mol. The van der Waals surface area contributed by atoms with Crippen LogP contribution in [0.3, 0.4) is 0 Å². The summed E-state index contributed by atoms with van der Waals surface area (Å²) in [5.41, 5.74) is -1.24. The molecule has 0 aromatic rings. The summed E-state index contributed by atoms with van der Waals surface area (Å²) in [6.45, 7) is 0. The third-order valence-corrected chi connectivity index (χ3v) is 3.56. The molecular weight excluding hydrogens is 212 g/mol. The van der Waals surface area contributed by atoms with E-state index in [2.05, 4.69) is 0 Å². The molecule has 5 heteroatoms. The van der Waals surface area contributed by atoms with E-state index < -0.39 is 35.5 Å². The van der Waals surface area contributed by atoms with E-state index in [4.69, 9.17) is 10.2 Å². The van der Waals surface area contributed by atoms with E-state index in [0.717, 1.165) is 6.42 Å². The van der Waals surface area contributed by atoms with Crippen molar-refractivity contribution in [1.29, 1.82) is 0 Å². The molecule has 86 valence electrons. The van der Waals surface area contributed by atoms with Crippen LogP contribution in [-0.4, -0.2) is 27.9 Å². The maximum absolute atomic E-state index is 11.4. The van der Waals surface area contributed by atoms with Crippen molar-refractivity contribution in [3.63, 3.8) is 0 Å². The van der Waals surface area contributed by atoms with Crippen LogP contribution in [0.1, 0.15) is 25.7 Å². The lowest BCUT2D eigenvalue weighted by atomic mass is 9.66. The lowest BCUT2D eigenvalue weighted by molar-refractivity contribution is -0.170. The molecule has 0 aromatic heterocycles. The van der Waals surface area contributed by atoms with Crippen molar-refractivity contribution in [3.8, 4) is 0 Å². The molecule has 0 amide bonds. The van der Waals surface area contributed by atoms with Gasteiger partial charge in [0.15, 0.2) is 11.2 Å². The fraction of sp³-hybridized carbons (Fsp3) is 0.545. The fourth-order valence-corrected chi connectivity index (χ4v) is 2.80. The van der Waals surface area contributed by atoms with Gasteiger partial charge in [-0.1, -0.05) is 5.57 Å². The van der Waals surface area contributed by atoms with Crippen LogP contribution in [0, 0.1) is 11.3 Å². The van der Waals surface area contributed by atoms with Gasteiger partial charge in [-0.3, -0.25) is 14.4 Å². The normalized spacial score (nSPS) is 27.1. The Kier molecular flexibility index (Phi) is 2.33. The lowest BCUT2D eigenvalue weighted by Crippen LogP contribution is -2.48. The van der Waals surface area contributed by atoms with Crippen molar-refractivity contribution >= 4 is 17.7 Å². The Hall–Kier alpha value is -1.65. The first-order valence-corrected chi connectivity index (χ1v) is 5.18. The molecule has 2 aliphatic carbocycles. The molecule has 0 aromatic carbocycles. The zero-order valence-electron chi connectivity index (χ0n) is 8.60. The smallest absolute Gasteiger partial charge is 0.322 e. The van der Waals surface area contributed by atoms with Crippen molar-refractivity contribution in [1.82, 2.24) is 0 Å². The molecule has 0 aliphatic heterocycles. The number of aliphatic carboxylic acids is 2. The second-order valence-corrected chi connectivity index (χ2v) is 4.39. The molecule has 2 aliphatic rings. The van der Waals surface area contributed by atoms with E-state index in [0.29, 0.717) is 18.4 Å². The van der Waals surface area contributed by atoms with Gasteiger partial charge in [-0.25, -0.2) is 0 Å². The quantitative estimate of drug-likeness (QED) is 0.678. The molecule has 0 radical (unpaired) electrons. The molecule has 2 N–H and O–H groups in total. The molecule has 1 unspecified atom stereocenters. The molecule has 0 saturated heterocycles. The van der Waals surface area contributed by atoms with Gasteiger partial charge in [0.25, 0.3) is 0 Å². The van der Waals surface area contributed by atoms with E-state index >= 15 is 0 Å². The molecule has 1 saturated carbocycles.